The Bertz CT molecular complexity index is 1120. The Kier molecular flexibility index (Phi) is 6.12. The smallest absolute Gasteiger partial charge is 0.267 e. The number of benzene rings is 2. The highest BCUT2D eigenvalue weighted by molar-refractivity contribution is 8.18. The van der Waals surface area contributed by atoms with E-state index in [4.69, 9.17) is 9.41 Å². The van der Waals surface area contributed by atoms with E-state index in [0.717, 1.165) is 30.1 Å². The van der Waals surface area contributed by atoms with E-state index < -0.39 is 0 Å². The summed E-state index contributed by atoms with van der Waals surface area (Å²) in [4.78, 5) is 22.8. The summed E-state index contributed by atoms with van der Waals surface area (Å²) >= 11 is 1.41. The number of anilines is 1. The molecule has 1 amide bonds. The van der Waals surface area contributed by atoms with E-state index in [1.54, 1.807) is 11.2 Å². The van der Waals surface area contributed by atoms with Crippen LogP contribution < -0.4 is 4.90 Å². The average Bonchev–Trinajstić information content (AvgIpc) is 3.45. The lowest BCUT2D eigenvalue weighted by molar-refractivity contribution is -0.122. The Balaban J connectivity index is 1.40. The van der Waals surface area contributed by atoms with Gasteiger partial charge >= 0.3 is 0 Å². The van der Waals surface area contributed by atoms with Gasteiger partial charge in [-0.15, -0.1) is 0 Å². The molecule has 2 aliphatic heterocycles. The van der Waals surface area contributed by atoms with Crippen LogP contribution in [-0.4, -0.2) is 29.1 Å². The molecule has 2 aromatic carbocycles. The maximum atomic E-state index is 13.3. The number of amides is 1. The first-order valence-corrected chi connectivity index (χ1v) is 11.8. The van der Waals surface area contributed by atoms with Gasteiger partial charge in [-0.05, 0) is 79.1 Å². The number of aliphatic imine (C=N–C) groups is 1. The Labute approximate surface area is 192 Å². The highest BCUT2D eigenvalue weighted by Crippen LogP contribution is 2.35. The molecule has 0 aliphatic carbocycles. The molecule has 3 heterocycles. The van der Waals surface area contributed by atoms with Crippen molar-refractivity contribution in [3.8, 4) is 0 Å². The molecule has 0 N–H and O–H groups in total. The van der Waals surface area contributed by atoms with Crippen molar-refractivity contribution >= 4 is 40.3 Å². The maximum Gasteiger partial charge on any atom is 0.267 e. The lowest BCUT2D eigenvalue weighted by atomic mass is 10.1. The van der Waals surface area contributed by atoms with Crippen LogP contribution in [0.2, 0.25) is 0 Å². The monoisotopic (exact) mass is 443 g/mol. The molecule has 0 spiro atoms. The van der Waals surface area contributed by atoms with Crippen molar-refractivity contribution in [2.45, 2.75) is 25.8 Å². The van der Waals surface area contributed by atoms with Crippen LogP contribution >= 0.6 is 11.8 Å². The molecule has 2 aliphatic rings. The summed E-state index contributed by atoms with van der Waals surface area (Å²) in [6.07, 6.45) is 7.41. The molecule has 6 heteroatoms. The Morgan fingerprint density at radius 2 is 1.72 bits per heavy atom. The lowest BCUT2D eigenvalue weighted by Gasteiger charge is -2.28. The second-order valence-electron chi connectivity index (χ2n) is 7.95. The van der Waals surface area contributed by atoms with Crippen LogP contribution in [0.5, 0.6) is 0 Å². The van der Waals surface area contributed by atoms with E-state index in [2.05, 4.69) is 29.2 Å². The van der Waals surface area contributed by atoms with Crippen LogP contribution in [0.4, 0.5) is 11.4 Å². The first kappa shape index (κ1) is 20.6. The summed E-state index contributed by atoms with van der Waals surface area (Å²) in [6, 6.07) is 21.9. The molecular weight excluding hydrogens is 418 g/mol. The number of piperidine rings is 1. The third kappa shape index (κ3) is 4.65. The quantitative estimate of drug-likeness (QED) is 0.449. The largest absolute Gasteiger partial charge is 0.467 e. The minimum atomic E-state index is -0.0545. The average molecular weight is 444 g/mol. The Morgan fingerprint density at radius 3 is 2.44 bits per heavy atom. The fourth-order valence-corrected chi connectivity index (χ4v) is 4.98. The van der Waals surface area contributed by atoms with E-state index in [1.807, 2.05) is 48.5 Å². The van der Waals surface area contributed by atoms with Gasteiger partial charge in [-0.1, -0.05) is 30.3 Å². The first-order chi connectivity index (χ1) is 15.8. The van der Waals surface area contributed by atoms with E-state index >= 15 is 0 Å². The number of hydrogen-bond donors (Lipinski definition) is 0. The summed E-state index contributed by atoms with van der Waals surface area (Å²) in [5.41, 5.74) is 3.09. The number of furan rings is 1. The molecular formula is C26H25N3O2S. The molecule has 2 fully saturated rings. The van der Waals surface area contributed by atoms with Crippen LogP contribution in [0.3, 0.4) is 0 Å². The van der Waals surface area contributed by atoms with Crippen LogP contribution in [-0.2, 0) is 11.3 Å². The Hall–Kier alpha value is -3.25. The summed E-state index contributed by atoms with van der Waals surface area (Å²) in [7, 11) is 0. The second-order valence-corrected chi connectivity index (χ2v) is 8.96. The fraction of sp³-hybridized carbons (Fsp3) is 0.231. The summed E-state index contributed by atoms with van der Waals surface area (Å²) in [5.74, 6) is 0.674. The van der Waals surface area contributed by atoms with Gasteiger partial charge in [0, 0.05) is 18.8 Å². The van der Waals surface area contributed by atoms with Crippen molar-refractivity contribution in [1.82, 2.24) is 4.90 Å². The predicted octanol–water partition coefficient (Wildman–Crippen LogP) is 6.07. The zero-order valence-corrected chi connectivity index (χ0v) is 18.6. The number of amidine groups is 1. The van der Waals surface area contributed by atoms with Gasteiger partial charge < -0.3 is 9.32 Å². The minimum absolute atomic E-state index is 0.0545. The number of hydrogen-bond acceptors (Lipinski definition) is 5. The first-order valence-electron chi connectivity index (χ1n) is 11.0. The van der Waals surface area contributed by atoms with Crippen molar-refractivity contribution in [3.63, 3.8) is 0 Å². The molecule has 0 bridgehead atoms. The molecule has 1 aromatic heterocycles. The standard InChI is InChI=1S/C26H25N3O2S/c30-25-24(18-20-11-13-22(14-12-20)28-15-5-2-6-16-28)32-26(27-21-8-3-1-4-9-21)29(25)19-23-10-7-17-31-23/h1,3-4,7-14,17-18H,2,5-6,15-16,19H2/b24-18+,27-26?. The lowest BCUT2D eigenvalue weighted by Crippen LogP contribution is -2.29. The number of nitrogens with zero attached hydrogens (tertiary/aromatic N) is 3. The van der Waals surface area contributed by atoms with Gasteiger partial charge in [-0.2, -0.15) is 0 Å². The van der Waals surface area contributed by atoms with Gasteiger partial charge in [0.15, 0.2) is 5.17 Å². The van der Waals surface area contributed by atoms with Gasteiger partial charge in [-0.25, -0.2) is 4.99 Å². The fourth-order valence-electron chi connectivity index (χ4n) is 3.99. The molecule has 2 saturated heterocycles. The van der Waals surface area contributed by atoms with Crippen LogP contribution in [0.25, 0.3) is 6.08 Å². The predicted molar refractivity (Wildman–Crippen MR) is 131 cm³/mol. The zero-order valence-electron chi connectivity index (χ0n) is 17.8. The molecule has 0 atom stereocenters. The highest BCUT2D eigenvalue weighted by atomic mass is 32.2. The molecule has 162 valence electrons. The third-order valence-electron chi connectivity index (χ3n) is 5.68. The van der Waals surface area contributed by atoms with Crippen molar-refractivity contribution in [3.05, 3.63) is 89.2 Å². The summed E-state index contributed by atoms with van der Waals surface area (Å²) < 4.78 is 5.48. The molecule has 0 saturated carbocycles. The Morgan fingerprint density at radius 1 is 0.938 bits per heavy atom. The normalized spacial score (nSPS) is 19.3. The van der Waals surface area contributed by atoms with Crippen molar-refractivity contribution in [1.29, 1.82) is 0 Å². The number of para-hydroxylation sites is 1. The SMILES string of the molecule is O=C1/C(=C\c2ccc(N3CCCCC3)cc2)SC(=Nc2ccccc2)N1Cc1ccco1. The van der Waals surface area contributed by atoms with Gasteiger partial charge in [0.1, 0.15) is 5.76 Å². The van der Waals surface area contributed by atoms with Crippen molar-refractivity contribution in [2.24, 2.45) is 4.99 Å². The number of rotatable bonds is 5. The minimum Gasteiger partial charge on any atom is -0.467 e. The van der Waals surface area contributed by atoms with Crippen LogP contribution in [0.15, 0.2) is 87.3 Å². The number of carbonyl (C=O) groups excluding carboxylic acids is 1. The molecule has 5 rings (SSSR count). The highest BCUT2D eigenvalue weighted by Gasteiger charge is 2.34. The van der Waals surface area contributed by atoms with E-state index in [0.29, 0.717) is 16.6 Å². The van der Waals surface area contributed by atoms with Gasteiger partial charge in [0.05, 0.1) is 23.4 Å². The van der Waals surface area contributed by atoms with Crippen molar-refractivity contribution in [2.75, 3.05) is 18.0 Å². The number of carbonyl (C=O) groups is 1. The third-order valence-corrected chi connectivity index (χ3v) is 6.68. The van der Waals surface area contributed by atoms with Crippen LogP contribution in [0, 0.1) is 0 Å². The molecule has 5 nitrogen and oxygen atoms in total. The summed E-state index contributed by atoms with van der Waals surface area (Å²) in [5, 5.41) is 0.661. The summed E-state index contributed by atoms with van der Waals surface area (Å²) in [6.45, 7) is 2.60. The van der Waals surface area contributed by atoms with Gasteiger partial charge in [-0.3, -0.25) is 9.69 Å². The number of thioether (sulfide) groups is 1. The molecule has 3 aromatic rings. The molecule has 32 heavy (non-hydrogen) atoms. The topological polar surface area (TPSA) is 49.1 Å². The molecule has 0 radical (unpaired) electrons. The van der Waals surface area contributed by atoms with Crippen LogP contribution in [0.1, 0.15) is 30.6 Å². The van der Waals surface area contributed by atoms with E-state index in [9.17, 15) is 4.79 Å². The van der Waals surface area contributed by atoms with Gasteiger partial charge in [0.2, 0.25) is 0 Å². The second kappa shape index (κ2) is 9.49. The van der Waals surface area contributed by atoms with E-state index in [1.165, 1.54) is 36.7 Å². The van der Waals surface area contributed by atoms with Gasteiger partial charge in [0.25, 0.3) is 5.91 Å². The van der Waals surface area contributed by atoms with Crippen molar-refractivity contribution < 1.29 is 9.21 Å². The maximum absolute atomic E-state index is 13.3. The molecule has 0 unspecified atom stereocenters. The van der Waals surface area contributed by atoms with E-state index in [-0.39, 0.29) is 5.91 Å². The zero-order chi connectivity index (χ0) is 21.8.